The third-order valence-corrected chi connectivity index (χ3v) is 10.5. The van der Waals surface area contributed by atoms with E-state index in [0.717, 1.165) is 11.1 Å². The molecule has 2 unspecified atom stereocenters. The van der Waals surface area contributed by atoms with Gasteiger partial charge in [-0.15, -0.1) is 13.2 Å². The number of nitrogens with one attached hydrogen (secondary N) is 1. The molecule has 0 radical (unpaired) electrons. The number of ether oxygens (including phenoxy) is 2. The predicted molar refractivity (Wildman–Crippen MR) is 152 cm³/mol. The molecule has 0 saturated heterocycles. The number of fused-ring (bicyclic) bond motifs is 4. The van der Waals surface area contributed by atoms with E-state index in [9.17, 15) is 34.8 Å². The highest BCUT2D eigenvalue weighted by molar-refractivity contribution is 7.92. The lowest BCUT2D eigenvalue weighted by Crippen LogP contribution is -2.42. The summed E-state index contributed by atoms with van der Waals surface area (Å²) < 4.78 is 121. The number of hydrogen-bond acceptors (Lipinski definition) is 6. The van der Waals surface area contributed by atoms with Crippen LogP contribution in [0, 0.1) is 31.1 Å². The molecule has 0 spiro atoms. The lowest BCUT2D eigenvalue weighted by molar-refractivity contribution is -0.355. The first-order valence-corrected chi connectivity index (χ1v) is 16.0. The van der Waals surface area contributed by atoms with Crippen LogP contribution in [0.4, 0.5) is 32.3 Å². The Morgan fingerprint density at radius 2 is 1.64 bits per heavy atom. The number of hydrogen-bond donors (Lipinski definition) is 1. The second-order valence-corrected chi connectivity index (χ2v) is 14.0. The van der Waals surface area contributed by atoms with Gasteiger partial charge in [-0.3, -0.25) is 4.74 Å². The van der Waals surface area contributed by atoms with E-state index in [4.69, 9.17) is 4.74 Å². The zero-order chi connectivity index (χ0) is 32.4. The van der Waals surface area contributed by atoms with Crippen molar-refractivity contribution in [2.24, 2.45) is 17.3 Å². The van der Waals surface area contributed by atoms with Crippen molar-refractivity contribution in [2.45, 2.75) is 75.4 Å². The van der Waals surface area contributed by atoms with Crippen molar-refractivity contribution in [3.63, 3.8) is 0 Å². The highest BCUT2D eigenvalue weighted by Gasteiger charge is 2.64. The lowest BCUT2D eigenvalue weighted by atomic mass is 9.64. The maximum atomic E-state index is 14.3. The van der Waals surface area contributed by atoms with E-state index >= 15 is 0 Å². The van der Waals surface area contributed by atoms with E-state index in [1.807, 2.05) is 32.0 Å². The molecule has 242 valence electrons. The van der Waals surface area contributed by atoms with Crippen LogP contribution >= 0.6 is 0 Å². The Morgan fingerprint density at radius 3 is 2.27 bits per heavy atom. The Hall–Kier alpha value is -3.39. The number of aryl methyl sites for hydroxylation is 2. The molecular formula is C31H31F6N3O4S. The molecule has 3 aromatic rings. The fourth-order valence-corrected chi connectivity index (χ4v) is 7.81. The molecule has 14 heteroatoms. The van der Waals surface area contributed by atoms with Gasteiger partial charge in [-0.1, -0.05) is 30.3 Å². The zero-order valence-corrected chi connectivity index (χ0v) is 25.2. The Morgan fingerprint density at radius 1 is 0.978 bits per heavy atom. The summed E-state index contributed by atoms with van der Waals surface area (Å²) in [6.07, 6.45) is -11.1. The first kappa shape index (κ1) is 31.6. The summed E-state index contributed by atoms with van der Waals surface area (Å²) in [4.78, 5) is 8.52. The number of nitrogens with zero attached hydrogens (tertiary/aromatic N) is 2. The third kappa shape index (κ3) is 6.49. The van der Waals surface area contributed by atoms with Gasteiger partial charge in [0.25, 0.3) is 10.0 Å². The van der Waals surface area contributed by atoms with Crippen LogP contribution in [0.15, 0.2) is 53.4 Å². The van der Waals surface area contributed by atoms with E-state index in [-0.39, 0.29) is 55.4 Å². The molecule has 3 aliphatic rings. The SMILES string of the molecule is Cc1cccc(C)c1-c1cc2nc(n1)NS(=O)(=O)c1cccc(c1)C(C1CC(OC(F)(F)F)C1)C(CC1(C(F)(F)F)CC1)CO2. The second kappa shape index (κ2) is 11.1. The van der Waals surface area contributed by atoms with Crippen LogP contribution in [0.1, 0.15) is 54.7 Å². The maximum absolute atomic E-state index is 14.3. The van der Waals surface area contributed by atoms with Gasteiger partial charge < -0.3 is 4.74 Å². The quantitative estimate of drug-likeness (QED) is 0.284. The van der Waals surface area contributed by atoms with Crippen molar-refractivity contribution < 1.29 is 44.2 Å². The van der Waals surface area contributed by atoms with Gasteiger partial charge >= 0.3 is 12.5 Å². The Bertz CT molecular complexity index is 1680. The monoisotopic (exact) mass is 655 g/mol. The number of benzene rings is 2. The average molecular weight is 656 g/mol. The summed E-state index contributed by atoms with van der Waals surface area (Å²) in [6.45, 7) is 3.49. The van der Waals surface area contributed by atoms with Crippen molar-refractivity contribution >= 4 is 16.0 Å². The van der Waals surface area contributed by atoms with Crippen LogP contribution in [0.2, 0.25) is 0 Å². The Kier molecular flexibility index (Phi) is 7.82. The molecule has 2 aromatic carbocycles. The molecule has 2 fully saturated rings. The summed E-state index contributed by atoms with van der Waals surface area (Å²) in [5, 5.41) is 0. The summed E-state index contributed by atoms with van der Waals surface area (Å²) in [5.41, 5.74) is 1.22. The minimum absolute atomic E-state index is 0.0444. The van der Waals surface area contributed by atoms with E-state index in [2.05, 4.69) is 19.4 Å². The highest BCUT2D eigenvalue weighted by Crippen LogP contribution is 2.63. The van der Waals surface area contributed by atoms with Crippen LogP contribution in [-0.2, 0) is 14.8 Å². The first-order valence-electron chi connectivity index (χ1n) is 14.6. The largest absolute Gasteiger partial charge is 0.522 e. The number of aromatic nitrogens is 2. The van der Waals surface area contributed by atoms with Crippen LogP contribution in [0.5, 0.6) is 5.88 Å². The highest BCUT2D eigenvalue weighted by atomic mass is 32.2. The van der Waals surface area contributed by atoms with Crippen LogP contribution in [0.25, 0.3) is 11.3 Å². The first-order chi connectivity index (χ1) is 21.0. The van der Waals surface area contributed by atoms with Gasteiger partial charge in [-0.05, 0) is 86.6 Å². The van der Waals surface area contributed by atoms with E-state index in [1.54, 1.807) is 6.07 Å². The fraction of sp³-hybridized carbons (Fsp3) is 0.484. The number of anilines is 1. The van der Waals surface area contributed by atoms with Crippen molar-refractivity contribution in [3.8, 4) is 17.1 Å². The van der Waals surface area contributed by atoms with E-state index < -0.39 is 51.8 Å². The minimum Gasteiger partial charge on any atom is -0.477 e. The summed E-state index contributed by atoms with van der Waals surface area (Å²) in [5.74, 6) is -2.40. The summed E-state index contributed by atoms with van der Waals surface area (Å²) in [7, 11) is -4.29. The molecule has 4 bridgehead atoms. The van der Waals surface area contributed by atoms with E-state index in [0.29, 0.717) is 16.8 Å². The predicted octanol–water partition coefficient (Wildman–Crippen LogP) is 7.70. The number of rotatable bonds is 5. The molecule has 0 amide bonds. The summed E-state index contributed by atoms with van der Waals surface area (Å²) in [6, 6.07) is 12.9. The number of halogens is 6. The van der Waals surface area contributed by atoms with Gasteiger partial charge in [-0.2, -0.15) is 18.2 Å². The topological polar surface area (TPSA) is 90.4 Å². The molecule has 1 aliphatic heterocycles. The van der Waals surface area contributed by atoms with Gasteiger partial charge in [0.2, 0.25) is 11.8 Å². The molecule has 2 heterocycles. The third-order valence-electron chi connectivity index (χ3n) is 9.22. The van der Waals surface area contributed by atoms with Crippen LogP contribution in [-0.4, -0.2) is 43.6 Å². The number of alkyl halides is 6. The fourth-order valence-electron chi connectivity index (χ4n) is 6.81. The minimum atomic E-state index is -4.85. The molecule has 2 atom stereocenters. The van der Waals surface area contributed by atoms with Crippen LogP contribution in [0.3, 0.4) is 0 Å². The normalized spacial score (nSPS) is 25.5. The van der Waals surface area contributed by atoms with Gasteiger partial charge in [-0.25, -0.2) is 18.1 Å². The van der Waals surface area contributed by atoms with Crippen molar-refractivity contribution in [1.29, 1.82) is 0 Å². The van der Waals surface area contributed by atoms with Gasteiger partial charge in [0, 0.05) is 17.5 Å². The second-order valence-electron chi connectivity index (χ2n) is 12.4. The molecule has 2 aliphatic carbocycles. The molecule has 1 N–H and O–H groups in total. The standard InChI is InChI=1S/C31H31F6N3O4S/c1-17-5-3-6-18(2)26(17)24-14-25-39-28(38-24)40-45(41,42)23-8-4-7-19(13-23)27(20-11-22(12-20)44-31(35,36)37)21(16-43-25)15-29(9-10-29)30(32,33)34/h3-8,13-14,20-22,27H,9-12,15-16H2,1-2H3,(H,38,39,40). The smallest absolute Gasteiger partial charge is 0.477 e. The molecule has 7 nitrogen and oxygen atoms in total. The van der Waals surface area contributed by atoms with Crippen molar-refractivity contribution in [1.82, 2.24) is 9.97 Å². The maximum Gasteiger partial charge on any atom is 0.522 e. The van der Waals surface area contributed by atoms with Gasteiger partial charge in [0.15, 0.2) is 0 Å². The van der Waals surface area contributed by atoms with Crippen LogP contribution < -0.4 is 9.46 Å². The zero-order valence-electron chi connectivity index (χ0n) is 24.4. The molecule has 2 saturated carbocycles. The van der Waals surface area contributed by atoms with Gasteiger partial charge in [0.1, 0.15) is 0 Å². The Labute approximate surface area is 256 Å². The molecule has 6 rings (SSSR count). The molecular weight excluding hydrogens is 624 g/mol. The lowest BCUT2D eigenvalue weighted by Gasteiger charge is -2.44. The Balaban J connectivity index is 1.45. The number of sulfonamides is 1. The van der Waals surface area contributed by atoms with Crippen molar-refractivity contribution in [3.05, 3.63) is 65.2 Å². The van der Waals surface area contributed by atoms with Crippen molar-refractivity contribution in [2.75, 3.05) is 11.3 Å². The average Bonchev–Trinajstić information content (AvgIpc) is 3.70. The summed E-state index contributed by atoms with van der Waals surface area (Å²) >= 11 is 0. The van der Waals surface area contributed by atoms with E-state index in [1.165, 1.54) is 24.3 Å². The molecule has 1 aromatic heterocycles. The van der Waals surface area contributed by atoms with Gasteiger partial charge in [0.05, 0.1) is 28.7 Å². The molecule has 45 heavy (non-hydrogen) atoms.